The van der Waals surface area contributed by atoms with Gasteiger partial charge in [0.15, 0.2) is 0 Å². The van der Waals surface area contributed by atoms with Gasteiger partial charge in [-0.05, 0) is 25.7 Å². The van der Waals surface area contributed by atoms with Gasteiger partial charge in [-0.25, -0.2) is 0 Å². The van der Waals surface area contributed by atoms with E-state index in [9.17, 15) is 0 Å². The molecule has 0 saturated heterocycles. The number of nitrogens with zero attached hydrogens (tertiary/aromatic N) is 2. The lowest BCUT2D eigenvalue weighted by Crippen LogP contribution is -2.39. The van der Waals surface area contributed by atoms with Crippen LogP contribution < -0.4 is 0 Å². The molecule has 244 valence electrons. The SMILES string of the molecule is CCCCCCCCCCCCCCCCCCN1C=CN(CCCCCCCCCCCCC)C1CCCCC. The zero-order chi connectivity index (χ0) is 29.5. The minimum atomic E-state index is 0.640. The molecule has 0 radical (unpaired) electrons. The Morgan fingerprint density at radius 3 is 0.854 bits per heavy atom. The molecule has 0 amide bonds. The monoisotopic (exact) mass is 575 g/mol. The average Bonchev–Trinajstić information content (AvgIpc) is 3.37. The fourth-order valence-electron chi connectivity index (χ4n) is 6.72. The first kappa shape index (κ1) is 38.4. The van der Waals surface area contributed by atoms with Crippen LogP contribution in [0, 0.1) is 0 Å². The Kier molecular flexibility index (Phi) is 28.8. The standard InChI is InChI=1S/C39H78N2/c1-4-7-10-12-14-16-18-19-20-21-22-24-26-28-30-33-36-41-38-37-40(39(41)34-31-9-6-3)35-32-29-27-25-23-17-15-13-11-8-5-2/h37-39H,4-36H2,1-3H3. The van der Waals surface area contributed by atoms with Crippen molar-refractivity contribution < 1.29 is 0 Å². The Morgan fingerprint density at radius 2 is 0.561 bits per heavy atom. The highest BCUT2D eigenvalue weighted by Crippen LogP contribution is 2.23. The largest absolute Gasteiger partial charge is 0.356 e. The summed E-state index contributed by atoms with van der Waals surface area (Å²) < 4.78 is 0. The van der Waals surface area contributed by atoms with E-state index in [0.717, 1.165) is 0 Å². The van der Waals surface area contributed by atoms with Gasteiger partial charge in [0.25, 0.3) is 0 Å². The van der Waals surface area contributed by atoms with Gasteiger partial charge in [0, 0.05) is 25.5 Å². The van der Waals surface area contributed by atoms with Crippen molar-refractivity contribution in [1.29, 1.82) is 0 Å². The van der Waals surface area contributed by atoms with Gasteiger partial charge in [-0.3, -0.25) is 0 Å². The maximum Gasteiger partial charge on any atom is 0.101 e. The number of hydrogen-bond donors (Lipinski definition) is 0. The van der Waals surface area contributed by atoms with Crippen molar-refractivity contribution in [3.05, 3.63) is 12.4 Å². The molecule has 0 N–H and O–H groups in total. The Hall–Kier alpha value is -0.660. The zero-order valence-electron chi connectivity index (χ0n) is 29.0. The van der Waals surface area contributed by atoms with E-state index >= 15 is 0 Å². The zero-order valence-corrected chi connectivity index (χ0v) is 29.0. The van der Waals surface area contributed by atoms with E-state index in [1.54, 1.807) is 0 Å². The van der Waals surface area contributed by atoms with Gasteiger partial charge in [-0.15, -0.1) is 0 Å². The second-order valence-electron chi connectivity index (χ2n) is 13.6. The van der Waals surface area contributed by atoms with Gasteiger partial charge >= 0.3 is 0 Å². The van der Waals surface area contributed by atoms with E-state index < -0.39 is 0 Å². The molecule has 1 aliphatic rings. The minimum absolute atomic E-state index is 0.640. The second kappa shape index (κ2) is 30.8. The van der Waals surface area contributed by atoms with Crippen LogP contribution in [-0.4, -0.2) is 29.1 Å². The molecule has 0 spiro atoms. The highest BCUT2D eigenvalue weighted by atomic mass is 15.4. The lowest BCUT2D eigenvalue weighted by molar-refractivity contribution is 0.135. The van der Waals surface area contributed by atoms with Crippen molar-refractivity contribution >= 4 is 0 Å². The molecular formula is C39H78N2. The molecule has 0 aromatic carbocycles. The van der Waals surface area contributed by atoms with E-state index in [1.165, 1.54) is 212 Å². The predicted molar refractivity (Wildman–Crippen MR) is 186 cm³/mol. The molecular weight excluding hydrogens is 496 g/mol. The first-order chi connectivity index (χ1) is 20.3. The second-order valence-corrected chi connectivity index (χ2v) is 13.6. The van der Waals surface area contributed by atoms with Crippen LogP contribution in [0.25, 0.3) is 0 Å². The van der Waals surface area contributed by atoms with Crippen LogP contribution in [0.15, 0.2) is 12.4 Å². The van der Waals surface area contributed by atoms with Crippen LogP contribution in [-0.2, 0) is 0 Å². The number of unbranched alkanes of at least 4 members (excludes halogenated alkanes) is 27. The van der Waals surface area contributed by atoms with E-state index in [0.29, 0.717) is 6.17 Å². The topological polar surface area (TPSA) is 6.48 Å². The maximum absolute atomic E-state index is 2.69. The Labute approximate surface area is 260 Å². The Bertz CT molecular complexity index is 530. The predicted octanol–water partition coefficient (Wildman–Crippen LogP) is 13.6. The summed E-state index contributed by atoms with van der Waals surface area (Å²) in [7, 11) is 0. The molecule has 0 aliphatic carbocycles. The summed E-state index contributed by atoms with van der Waals surface area (Å²) in [4.78, 5) is 5.38. The van der Waals surface area contributed by atoms with Crippen LogP contribution >= 0.6 is 0 Å². The van der Waals surface area contributed by atoms with Crippen LogP contribution in [0.5, 0.6) is 0 Å². The molecule has 0 aromatic heterocycles. The van der Waals surface area contributed by atoms with E-state index in [-0.39, 0.29) is 0 Å². The summed E-state index contributed by atoms with van der Waals surface area (Å²) >= 11 is 0. The van der Waals surface area contributed by atoms with Crippen LogP contribution in [0.4, 0.5) is 0 Å². The minimum Gasteiger partial charge on any atom is -0.356 e. The summed E-state index contributed by atoms with van der Waals surface area (Å²) in [5, 5.41) is 0. The van der Waals surface area contributed by atoms with Gasteiger partial charge in [-0.1, -0.05) is 194 Å². The third-order valence-electron chi connectivity index (χ3n) is 9.57. The van der Waals surface area contributed by atoms with Crippen molar-refractivity contribution in [1.82, 2.24) is 9.80 Å². The molecule has 0 bridgehead atoms. The smallest absolute Gasteiger partial charge is 0.101 e. The first-order valence-corrected chi connectivity index (χ1v) is 19.5. The lowest BCUT2D eigenvalue weighted by atomic mass is 10.0. The van der Waals surface area contributed by atoms with Crippen molar-refractivity contribution in [2.24, 2.45) is 0 Å². The first-order valence-electron chi connectivity index (χ1n) is 19.5. The summed E-state index contributed by atoms with van der Waals surface area (Å²) in [6, 6.07) is 0. The molecule has 0 aromatic rings. The fraction of sp³-hybridized carbons (Fsp3) is 0.949. The third kappa shape index (κ3) is 23.5. The van der Waals surface area contributed by atoms with Crippen molar-refractivity contribution in [3.63, 3.8) is 0 Å². The molecule has 1 rings (SSSR count). The van der Waals surface area contributed by atoms with Crippen molar-refractivity contribution in [3.8, 4) is 0 Å². The lowest BCUT2D eigenvalue weighted by Gasteiger charge is -2.33. The molecule has 41 heavy (non-hydrogen) atoms. The van der Waals surface area contributed by atoms with Gasteiger partial charge < -0.3 is 9.80 Å². The molecule has 0 fully saturated rings. The maximum atomic E-state index is 2.69. The van der Waals surface area contributed by atoms with Crippen molar-refractivity contribution in [2.45, 2.75) is 226 Å². The van der Waals surface area contributed by atoms with E-state index in [2.05, 4.69) is 43.0 Å². The Morgan fingerprint density at radius 1 is 0.317 bits per heavy atom. The van der Waals surface area contributed by atoms with Gasteiger partial charge in [0.2, 0.25) is 0 Å². The van der Waals surface area contributed by atoms with Crippen LogP contribution in [0.1, 0.15) is 220 Å². The summed E-state index contributed by atoms with van der Waals surface area (Å²) in [6.45, 7) is 9.49. The van der Waals surface area contributed by atoms with E-state index in [1.807, 2.05) is 0 Å². The summed E-state index contributed by atoms with van der Waals surface area (Å²) in [6.07, 6.45) is 50.0. The Balaban J connectivity index is 2.03. The molecule has 0 saturated carbocycles. The van der Waals surface area contributed by atoms with E-state index in [4.69, 9.17) is 0 Å². The summed E-state index contributed by atoms with van der Waals surface area (Å²) in [5.41, 5.74) is 0. The average molecular weight is 575 g/mol. The molecule has 2 heteroatoms. The molecule has 1 heterocycles. The molecule has 1 atom stereocenters. The van der Waals surface area contributed by atoms with Gasteiger partial charge in [0.1, 0.15) is 6.17 Å². The molecule has 2 nitrogen and oxygen atoms in total. The van der Waals surface area contributed by atoms with Crippen LogP contribution in [0.2, 0.25) is 0 Å². The molecule has 1 unspecified atom stereocenters. The van der Waals surface area contributed by atoms with Gasteiger partial charge in [-0.2, -0.15) is 0 Å². The third-order valence-corrected chi connectivity index (χ3v) is 9.57. The molecule has 1 aliphatic heterocycles. The van der Waals surface area contributed by atoms with Gasteiger partial charge in [0.05, 0.1) is 0 Å². The van der Waals surface area contributed by atoms with Crippen LogP contribution in [0.3, 0.4) is 0 Å². The highest BCUT2D eigenvalue weighted by molar-refractivity contribution is 4.97. The number of rotatable bonds is 33. The fourth-order valence-corrected chi connectivity index (χ4v) is 6.72. The number of hydrogen-bond acceptors (Lipinski definition) is 2. The summed E-state index contributed by atoms with van der Waals surface area (Å²) in [5.74, 6) is 0. The van der Waals surface area contributed by atoms with Crippen molar-refractivity contribution in [2.75, 3.05) is 13.1 Å². The quantitative estimate of drug-likeness (QED) is 0.0719. The normalized spacial score (nSPS) is 15.0. The highest BCUT2D eigenvalue weighted by Gasteiger charge is 2.24.